The molecule has 0 aliphatic heterocycles. The molecule has 0 aliphatic carbocycles. The van der Waals surface area contributed by atoms with Gasteiger partial charge in [0, 0.05) is 43.1 Å². The van der Waals surface area contributed by atoms with E-state index >= 15 is 0 Å². The second-order valence-electron chi connectivity index (χ2n) is 4.40. The van der Waals surface area contributed by atoms with E-state index in [-0.39, 0.29) is 5.91 Å². The normalized spacial score (nSPS) is 10.6. The molecule has 1 rings (SSSR count). The number of hydrogen-bond donors (Lipinski definition) is 2. The molecule has 0 spiro atoms. The zero-order valence-corrected chi connectivity index (χ0v) is 14.1. The predicted molar refractivity (Wildman–Crippen MR) is 91.1 cm³/mol. The van der Waals surface area contributed by atoms with Crippen LogP contribution in [0.25, 0.3) is 6.08 Å². The summed E-state index contributed by atoms with van der Waals surface area (Å²) in [5.74, 6) is -0.218. The van der Waals surface area contributed by atoms with Crippen LogP contribution >= 0.6 is 23.6 Å². The Morgan fingerprint density at radius 1 is 1.52 bits per heavy atom. The lowest BCUT2D eigenvalue weighted by atomic mass is 10.4. The van der Waals surface area contributed by atoms with Gasteiger partial charge in [-0.2, -0.15) is 0 Å². The molecule has 7 heteroatoms. The SMILES string of the molecule is COCCCNC(=S)N(C)NC(=O)/C=C/c1ccc(C)s1. The Kier molecular flexibility index (Phi) is 7.96. The molecule has 1 amide bonds. The number of hydrogen-bond acceptors (Lipinski definition) is 4. The van der Waals surface area contributed by atoms with Crippen LogP contribution in [0.15, 0.2) is 18.2 Å². The van der Waals surface area contributed by atoms with Crippen LogP contribution in [0.4, 0.5) is 0 Å². The Morgan fingerprint density at radius 2 is 2.29 bits per heavy atom. The van der Waals surface area contributed by atoms with E-state index in [1.54, 1.807) is 31.6 Å². The minimum absolute atomic E-state index is 0.218. The van der Waals surface area contributed by atoms with Crippen LogP contribution < -0.4 is 10.7 Å². The van der Waals surface area contributed by atoms with Crippen molar-refractivity contribution < 1.29 is 9.53 Å². The minimum Gasteiger partial charge on any atom is -0.385 e. The Bertz CT molecular complexity index is 500. The molecule has 1 aromatic heterocycles. The monoisotopic (exact) mass is 327 g/mol. The Labute approximate surface area is 134 Å². The number of aryl methyl sites for hydroxylation is 1. The molecule has 2 N–H and O–H groups in total. The largest absolute Gasteiger partial charge is 0.385 e. The van der Waals surface area contributed by atoms with Gasteiger partial charge in [0.1, 0.15) is 0 Å². The van der Waals surface area contributed by atoms with Gasteiger partial charge < -0.3 is 10.1 Å². The van der Waals surface area contributed by atoms with Crippen molar-refractivity contribution in [1.82, 2.24) is 15.8 Å². The van der Waals surface area contributed by atoms with Crippen molar-refractivity contribution in [1.29, 1.82) is 0 Å². The van der Waals surface area contributed by atoms with Crippen molar-refractivity contribution in [2.75, 3.05) is 27.3 Å². The van der Waals surface area contributed by atoms with Gasteiger partial charge in [0.2, 0.25) is 0 Å². The fourth-order valence-corrected chi connectivity index (χ4v) is 2.41. The lowest BCUT2D eigenvalue weighted by Gasteiger charge is -2.20. The highest BCUT2D eigenvalue weighted by molar-refractivity contribution is 7.80. The number of ether oxygens (including phenoxy) is 1. The molecule has 116 valence electrons. The van der Waals surface area contributed by atoms with Gasteiger partial charge >= 0.3 is 0 Å². The van der Waals surface area contributed by atoms with Crippen molar-refractivity contribution in [3.63, 3.8) is 0 Å². The number of thiocarbonyl (C=S) groups is 1. The molecule has 1 aromatic rings. The van der Waals surface area contributed by atoms with E-state index in [9.17, 15) is 4.79 Å². The molecule has 0 unspecified atom stereocenters. The van der Waals surface area contributed by atoms with Crippen molar-refractivity contribution in [2.45, 2.75) is 13.3 Å². The number of hydrazine groups is 1. The van der Waals surface area contributed by atoms with E-state index in [4.69, 9.17) is 17.0 Å². The lowest BCUT2D eigenvalue weighted by Crippen LogP contribution is -2.47. The summed E-state index contributed by atoms with van der Waals surface area (Å²) in [5, 5.41) is 5.01. The van der Waals surface area contributed by atoms with Gasteiger partial charge in [-0.3, -0.25) is 15.2 Å². The van der Waals surface area contributed by atoms with Gasteiger partial charge in [-0.25, -0.2) is 0 Å². The first-order chi connectivity index (χ1) is 10.0. The predicted octanol–water partition coefficient (Wildman–Crippen LogP) is 1.94. The molecule has 0 atom stereocenters. The van der Waals surface area contributed by atoms with Gasteiger partial charge in [0.25, 0.3) is 5.91 Å². The summed E-state index contributed by atoms with van der Waals surface area (Å²) < 4.78 is 4.95. The molecular weight excluding hydrogens is 306 g/mol. The summed E-state index contributed by atoms with van der Waals surface area (Å²) in [5.41, 5.74) is 2.67. The van der Waals surface area contributed by atoms with Crippen LogP contribution in [-0.2, 0) is 9.53 Å². The number of amides is 1. The van der Waals surface area contributed by atoms with Crippen molar-refractivity contribution >= 4 is 40.7 Å². The Balaban J connectivity index is 2.32. The number of nitrogens with one attached hydrogen (secondary N) is 2. The zero-order chi connectivity index (χ0) is 15.7. The first-order valence-corrected chi connectivity index (χ1v) is 7.81. The van der Waals surface area contributed by atoms with E-state index in [1.165, 1.54) is 16.0 Å². The van der Waals surface area contributed by atoms with Crippen LogP contribution in [0.5, 0.6) is 0 Å². The smallest absolute Gasteiger partial charge is 0.262 e. The summed E-state index contributed by atoms with van der Waals surface area (Å²) in [6, 6.07) is 4.00. The van der Waals surface area contributed by atoms with E-state index in [0.717, 1.165) is 11.3 Å². The number of carbonyl (C=O) groups excluding carboxylic acids is 1. The average molecular weight is 327 g/mol. The quantitative estimate of drug-likeness (QED) is 0.362. The zero-order valence-electron chi connectivity index (χ0n) is 12.5. The molecule has 0 fully saturated rings. The fourth-order valence-electron chi connectivity index (χ4n) is 1.48. The maximum absolute atomic E-state index is 11.8. The molecule has 0 bridgehead atoms. The maximum atomic E-state index is 11.8. The van der Waals surface area contributed by atoms with Gasteiger partial charge in [0.05, 0.1) is 0 Å². The summed E-state index contributed by atoms with van der Waals surface area (Å²) in [4.78, 5) is 14.0. The third-order valence-electron chi connectivity index (χ3n) is 2.54. The Morgan fingerprint density at radius 3 is 2.90 bits per heavy atom. The number of methoxy groups -OCH3 is 1. The molecule has 0 radical (unpaired) electrons. The van der Waals surface area contributed by atoms with E-state index in [1.807, 2.05) is 19.1 Å². The third-order valence-corrected chi connectivity index (χ3v) is 3.93. The molecule has 0 aliphatic rings. The highest BCUT2D eigenvalue weighted by Gasteiger charge is 2.05. The van der Waals surface area contributed by atoms with Crippen LogP contribution in [0.3, 0.4) is 0 Å². The third kappa shape index (κ3) is 7.22. The van der Waals surface area contributed by atoms with Gasteiger partial charge in [-0.05, 0) is 43.8 Å². The number of carbonyl (C=O) groups is 1. The molecule has 0 aromatic carbocycles. The average Bonchev–Trinajstić information content (AvgIpc) is 2.87. The highest BCUT2D eigenvalue weighted by Crippen LogP contribution is 2.16. The van der Waals surface area contributed by atoms with Crippen molar-refractivity contribution in [2.24, 2.45) is 0 Å². The number of nitrogens with zero attached hydrogens (tertiary/aromatic N) is 1. The fraction of sp³-hybridized carbons (Fsp3) is 0.429. The molecule has 0 saturated heterocycles. The van der Waals surface area contributed by atoms with Crippen LogP contribution in [0, 0.1) is 6.92 Å². The number of thiophene rings is 1. The minimum atomic E-state index is -0.218. The summed E-state index contributed by atoms with van der Waals surface area (Å²) in [6.45, 7) is 3.41. The van der Waals surface area contributed by atoms with Crippen molar-refractivity contribution in [3.8, 4) is 0 Å². The second kappa shape index (κ2) is 9.49. The van der Waals surface area contributed by atoms with E-state index in [2.05, 4.69) is 10.7 Å². The van der Waals surface area contributed by atoms with Crippen LogP contribution in [0.2, 0.25) is 0 Å². The van der Waals surface area contributed by atoms with Crippen LogP contribution in [-0.4, -0.2) is 43.3 Å². The second-order valence-corrected chi connectivity index (χ2v) is 6.10. The molecule has 0 saturated carbocycles. The van der Waals surface area contributed by atoms with Crippen molar-refractivity contribution in [3.05, 3.63) is 28.0 Å². The Hall–Kier alpha value is -1.44. The first-order valence-electron chi connectivity index (χ1n) is 6.58. The van der Waals surface area contributed by atoms with Crippen LogP contribution in [0.1, 0.15) is 16.2 Å². The highest BCUT2D eigenvalue weighted by atomic mass is 32.1. The molecule has 5 nitrogen and oxygen atoms in total. The summed E-state index contributed by atoms with van der Waals surface area (Å²) in [7, 11) is 3.36. The molecular formula is C14H21N3O2S2. The molecule has 1 heterocycles. The van der Waals surface area contributed by atoms with E-state index in [0.29, 0.717) is 18.3 Å². The number of rotatable bonds is 6. The molecule has 21 heavy (non-hydrogen) atoms. The summed E-state index contributed by atoms with van der Waals surface area (Å²) >= 11 is 6.80. The summed E-state index contributed by atoms with van der Waals surface area (Å²) in [6.07, 6.45) is 4.14. The standard InChI is InChI=1S/C14H21N3O2S2/c1-11-5-6-12(21-11)7-8-13(18)16-17(2)14(20)15-9-4-10-19-3/h5-8H,4,9-10H2,1-3H3,(H,15,20)(H,16,18)/b8-7+. The van der Waals surface area contributed by atoms with Gasteiger partial charge in [0.15, 0.2) is 5.11 Å². The lowest BCUT2D eigenvalue weighted by molar-refractivity contribution is -0.119. The maximum Gasteiger partial charge on any atom is 0.262 e. The topological polar surface area (TPSA) is 53.6 Å². The van der Waals surface area contributed by atoms with Gasteiger partial charge in [-0.1, -0.05) is 0 Å². The van der Waals surface area contributed by atoms with E-state index < -0.39 is 0 Å². The first kappa shape index (κ1) is 17.6. The van der Waals surface area contributed by atoms with Gasteiger partial charge in [-0.15, -0.1) is 11.3 Å².